The van der Waals surface area contributed by atoms with Crippen LogP contribution in [0, 0.1) is 0 Å². The van der Waals surface area contributed by atoms with Crippen LogP contribution in [0.5, 0.6) is 0 Å². The summed E-state index contributed by atoms with van der Waals surface area (Å²) in [5.41, 5.74) is 4.84. The molecule has 0 radical (unpaired) electrons. The highest BCUT2D eigenvalue weighted by Crippen LogP contribution is 2.22. The molecule has 0 atom stereocenters. The monoisotopic (exact) mass is 351 g/mol. The molecule has 0 spiro atoms. The maximum absolute atomic E-state index is 12.3. The van der Waals surface area contributed by atoms with Gasteiger partial charge in [0.15, 0.2) is 0 Å². The maximum Gasteiger partial charge on any atom is 0.251 e. The van der Waals surface area contributed by atoms with Crippen LogP contribution in [0.4, 0.5) is 0 Å². The van der Waals surface area contributed by atoms with Crippen LogP contribution in [0.25, 0.3) is 16.7 Å². The summed E-state index contributed by atoms with van der Waals surface area (Å²) in [6, 6.07) is 14.0. The smallest absolute Gasteiger partial charge is 0.251 e. The highest BCUT2D eigenvalue weighted by molar-refractivity contribution is 5.97. The highest BCUT2D eigenvalue weighted by atomic mass is 16.5. The molecule has 3 aromatic rings. The number of rotatable bonds is 8. The van der Waals surface area contributed by atoms with Crippen LogP contribution < -0.4 is 5.32 Å². The number of aromatic nitrogens is 2. The lowest BCUT2D eigenvalue weighted by Crippen LogP contribution is -2.25. The second-order valence-corrected chi connectivity index (χ2v) is 6.11. The van der Waals surface area contributed by atoms with E-state index in [-0.39, 0.29) is 5.91 Å². The summed E-state index contributed by atoms with van der Waals surface area (Å²) >= 11 is 0. The Morgan fingerprint density at radius 2 is 2.04 bits per heavy atom. The Morgan fingerprint density at radius 1 is 1.19 bits per heavy atom. The summed E-state index contributed by atoms with van der Waals surface area (Å²) in [5, 5.41) is 2.93. The van der Waals surface area contributed by atoms with E-state index in [2.05, 4.69) is 40.0 Å². The topological polar surface area (TPSA) is 56.1 Å². The predicted octanol–water partition coefficient (Wildman–Crippen LogP) is 3.74. The summed E-state index contributed by atoms with van der Waals surface area (Å²) in [4.78, 5) is 16.8. The van der Waals surface area contributed by atoms with E-state index >= 15 is 0 Å². The highest BCUT2D eigenvalue weighted by Gasteiger charge is 2.11. The number of ether oxygens (including phenoxy) is 1. The van der Waals surface area contributed by atoms with Crippen molar-refractivity contribution in [2.24, 2.45) is 0 Å². The Bertz CT molecular complexity index is 886. The van der Waals surface area contributed by atoms with E-state index in [1.54, 1.807) is 0 Å². The number of para-hydroxylation sites is 1. The summed E-state index contributed by atoms with van der Waals surface area (Å²) in [5.74, 6) is -0.0769. The average molecular weight is 351 g/mol. The Labute approximate surface area is 154 Å². The molecule has 0 bridgehead atoms. The van der Waals surface area contributed by atoms with Gasteiger partial charge in [-0.3, -0.25) is 9.36 Å². The largest absolute Gasteiger partial charge is 0.382 e. The van der Waals surface area contributed by atoms with Crippen LogP contribution >= 0.6 is 0 Å². The second-order valence-electron chi connectivity index (χ2n) is 6.11. The van der Waals surface area contributed by atoms with Gasteiger partial charge in [0.1, 0.15) is 6.33 Å². The molecule has 0 saturated heterocycles. The van der Waals surface area contributed by atoms with Crippen LogP contribution in [0.15, 0.2) is 48.8 Å². The molecular formula is C21H25N3O2. The Morgan fingerprint density at radius 3 is 2.85 bits per heavy atom. The van der Waals surface area contributed by atoms with Crippen LogP contribution in [-0.2, 0) is 11.2 Å². The van der Waals surface area contributed by atoms with Crippen molar-refractivity contribution in [2.45, 2.75) is 26.7 Å². The van der Waals surface area contributed by atoms with Crippen LogP contribution in [0.2, 0.25) is 0 Å². The molecule has 1 aromatic heterocycles. The van der Waals surface area contributed by atoms with Gasteiger partial charge in [0.05, 0.1) is 16.7 Å². The van der Waals surface area contributed by atoms with E-state index in [4.69, 9.17) is 4.74 Å². The molecule has 26 heavy (non-hydrogen) atoms. The van der Waals surface area contributed by atoms with Crippen molar-refractivity contribution in [1.29, 1.82) is 0 Å². The van der Waals surface area contributed by atoms with Crippen molar-refractivity contribution in [3.8, 4) is 5.69 Å². The summed E-state index contributed by atoms with van der Waals surface area (Å²) in [7, 11) is 0. The molecule has 136 valence electrons. The minimum atomic E-state index is -0.0769. The van der Waals surface area contributed by atoms with Gasteiger partial charge < -0.3 is 10.1 Å². The fourth-order valence-corrected chi connectivity index (χ4v) is 3.01. The van der Waals surface area contributed by atoms with Gasteiger partial charge in [-0.2, -0.15) is 0 Å². The van der Waals surface area contributed by atoms with Crippen LogP contribution in [-0.4, -0.2) is 35.2 Å². The molecule has 0 saturated carbocycles. The number of fused-ring (bicyclic) bond motifs is 1. The van der Waals surface area contributed by atoms with Gasteiger partial charge in [-0.15, -0.1) is 0 Å². The molecule has 0 aliphatic carbocycles. The van der Waals surface area contributed by atoms with Crippen molar-refractivity contribution < 1.29 is 9.53 Å². The number of aryl methyl sites for hydroxylation is 1. The third kappa shape index (κ3) is 3.94. The number of benzene rings is 2. The molecule has 5 heteroatoms. The lowest BCUT2D eigenvalue weighted by molar-refractivity contribution is 0.0944. The normalized spacial score (nSPS) is 11.0. The van der Waals surface area contributed by atoms with Gasteiger partial charge in [0.25, 0.3) is 5.91 Å². The van der Waals surface area contributed by atoms with Crippen molar-refractivity contribution in [1.82, 2.24) is 14.9 Å². The van der Waals surface area contributed by atoms with Crippen molar-refractivity contribution >= 4 is 16.9 Å². The Kier molecular flexibility index (Phi) is 6.02. The number of nitrogens with zero attached hydrogens (tertiary/aromatic N) is 2. The zero-order valence-corrected chi connectivity index (χ0v) is 15.4. The summed E-state index contributed by atoms with van der Waals surface area (Å²) < 4.78 is 7.36. The van der Waals surface area contributed by atoms with Crippen molar-refractivity contribution in [3.05, 3.63) is 59.9 Å². The van der Waals surface area contributed by atoms with E-state index in [9.17, 15) is 4.79 Å². The third-order valence-corrected chi connectivity index (χ3v) is 4.40. The van der Waals surface area contributed by atoms with Gasteiger partial charge in [0.2, 0.25) is 0 Å². The first-order valence-electron chi connectivity index (χ1n) is 9.16. The number of nitrogens with one attached hydrogen (secondary N) is 1. The van der Waals surface area contributed by atoms with E-state index < -0.39 is 0 Å². The van der Waals surface area contributed by atoms with Crippen LogP contribution in [0.3, 0.4) is 0 Å². The molecule has 1 heterocycles. The standard InChI is InChI=1S/C21H25N3O2/c1-3-16-8-5-6-9-19(16)24-15-23-18-14-17(10-11-20(18)24)21(25)22-12-7-13-26-4-2/h5-6,8-11,14-15H,3-4,7,12-13H2,1-2H3,(H,22,25). The quantitative estimate of drug-likeness (QED) is 0.629. The zero-order chi connectivity index (χ0) is 18.4. The van der Waals surface area contributed by atoms with Crippen molar-refractivity contribution in [3.63, 3.8) is 0 Å². The fraction of sp³-hybridized carbons (Fsp3) is 0.333. The molecule has 0 aliphatic rings. The molecule has 3 rings (SSSR count). The molecule has 5 nitrogen and oxygen atoms in total. The number of carbonyl (C=O) groups is 1. The number of imidazole rings is 1. The van der Waals surface area contributed by atoms with Gasteiger partial charge >= 0.3 is 0 Å². The molecule has 1 N–H and O–H groups in total. The second kappa shape index (κ2) is 8.63. The zero-order valence-electron chi connectivity index (χ0n) is 15.4. The molecule has 0 aliphatic heterocycles. The summed E-state index contributed by atoms with van der Waals surface area (Å²) in [6.07, 6.45) is 3.59. The SMILES string of the molecule is CCOCCCNC(=O)c1ccc2c(c1)ncn2-c1ccccc1CC. The van der Waals surface area contributed by atoms with E-state index in [0.29, 0.717) is 25.3 Å². The van der Waals surface area contributed by atoms with E-state index in [1.165, 1.54) is 5.56 Å². The lowest BCUT2D eigenvalue weighted by Gasteiger charge is -2.10. The van der Waals surface area contributed by atoms with E-state index in [0.717, 1.165) is 29.6 Å². The van der Waals surface area contributed by atoms with Gasteiger partial charge in [-0.05, 0) is 49.6 Å². The molecule has 0 fully saturated rings. The Hall–Kier alpha value is -2.66. The number of amides is 1. The number of hydrogen-bond donors (Lipinski definition) is 1. The first kappa shape index (κ1) is 18.1. The average Bonchev–Trinajstić information content (AvgIpc) is 3.10. The Balaban J connectivity index is 1.78. The predicted molar refractivity (Wildman–Crippen MR) is 104 cm³/mol. The number of carbonyl (C=O) groups excluding carboxylic acids is 1. The molecular weight excluding hydrogens is 326 g/mol. The molecule has 0 unspecified atom stereocenters. The molecule has 2 aromatic carbocycles. The van der Waals surface area contributed by atoms with Gasteiger partial charge in [0, 0.05) is 25.3 Å². The van der Waals surface area contributed by atoms with E-state index in [1.807, 2.05) is 37.5 Å². The lowest BCUT2D eigenvalue weighted by atomic mass is 10.1. The van der Waals surface area contributed by atoms with Crippen LogP contribution in [0.1, 0.15) is 36.2 Å². The van der Waals surface area contributed by atoms with Crippen molar-refractivity contribution in [2.75, 3.05) is 19.8 Å². The minimum Gasteiger partial charge on any atom is -0.382 e. The third-order valence-electron chi connectivity index (χ3n) is 4.40. The van der Waals surface area contributed by atoms with Gasteiger partial charge in [-0.1, -0.05) is 25.1 Å². The minimum absolute atomic E-state index is 0.0769. The fourth-order valence-electron chi connectivity index (χ4n) is 3.01. The van der Waals surface area contributed by atoms with Gasteiger partial charge in [-0.25, -0.2) is 4.98 Å². The molecule has 1 amide bonds. The first-order valence-corrected chi connectivity index (χ1v) is 9.16. The number of hydrogen-bond acceptors (Lipinski definition) is 3. The summed E-state index contributed by atoms with van der Waals surface area (Å²) in [6.45, 7) is 6.08. The maximum atomic E-state index is 12.3. The first-order chi connectivity index (χ1) is 12.7.